The Kier molecular flexibility index (Phi) is 5.34. The number of ether oxygens (including phenoxy) is 1. The van der Waals surface area contributed by atoms with E-state index in [0.29, 0.717) is 0 Å². The molecule has 0 heterocycles. The van der Waals surface area contributed by atoms with Crippen molar-refractivity contribution < 1.29 is 14.6 Å². The van der Waals surface area contributed by atoms with Gasteiger partial charge in [0.05, 0.1) is 5.60 Å². The van der Waals surface area contributed by atoms with E-state index in [9.17, 15) is 9.90 Å². The topological polar surface area (TPSA) is 49.8 Å². The van der Waals surface area contributed by atoms with Crippen molar-refractivity contribution in [2.75, 3.05) is 7.05 Å². The minimum Gasteiger partial charge on any atom is -0.440 e. The number of rotatable bonds is 4. The summed E-state index contributed by atoms with van der Waals surface area (Å²) in [5, 5.41) is 10.1. The summed E-state index contributed by atoms with van der Waals surface area (Å²) in [6.45, 7) is 17.2. The molecule has 0 atom stereocenters. The summed E-state index contributed by atoms with van der Waals surface area (Å²) >= 11 is 0. The largest absolute Gasteiger partial charge is 0.440 e. The van der Waals surface area contributed by atoms with Gasteiger partial charge in [-0.3, -0.25) is 0 Å². The lowest BCUT2D eigenvalue weighted by molar-refractivity contribution is -0.122. The molecular weight excluding hydrogens is 254 g/mol. The molecule has 0 unspecified atom stereocenters. The Labute approximate surface area is 124 Å². The van der Waals surface area contributed by atoms with Crippen molar-refractivity contribution in [2.24, 2.45) is 5.41 Å². The Morgan fingerprint density at radius 2 is 1.40 bits per heavy atom. The molecule has 0 radical (unpaired) electrons. The van der Waals surface area contributed by atoms with E-state index in [0.717, 1.165) is 6.42 Å². The minimum absolute atomic E-state index is 0.115. The Bertz CT molecular complexity index is 346. The molecule has 0 bridgehead atoms. The van der Waals surface area contributed by atoms with Crippen molar-refractivity contribution in [3.63, 3.8) is 0 Å². The summed E-state index contributed by atoms with van der Waals surface area (Å²) in [7, 11) is 1.74. The predicted octanol–water partition coefficient (Wildman–Crippen LogP) is 3.82. The second-order valence-electron chi connectivity index (χ2n) is 8.55. The highest BCUT2D eigenvalue weighted by Gasteiger charge is 2.41. The molecule has 1 amide bonds. The van der Waals surface area contributed by atoms with Crippen LogP contribution in [0.4, 0.5) is 4.79 Å². The van der Waals surface area contributed by atoms with Gasteiger partial charge in [0, 0.05) is 12.6 Å². The summed E-state index contributed by atoms with van der Waals surface area (Å²) < 4.78 is 5.50. The van der Waals surface area contributed by atoms with Gasteiger partial charge in [-0.2, -0.15) is 0 Å². The SMILES string of the molecule is CN(C(=O)OC(C)(C)C(C)(C)O)C(C)(C)CC(C)(C)C. The third kappa shape index (κ3) is 5.31. The fourth-order valence-electron chi connectivity index (χ4n) is 2.08. The fraction of sp³-hybridized carbons (Fsp3) is 0.938. The summed E-state index contributed by atoms with van der Waals surface area (Å²) in [6.07, 6.45) is 0.445. The fourth-order valence-corrected chi connectivity index (χ4v) is 2.08. The zero-order valence-corrected chi connectivity index (χ0v) is 14.9. The molecule has 20 heavy (non-hydrogen) atoms. The van der Waals surface area contributed by atoms with Gasteiger partial charge < -0.3 is 14.7 Å². The maximum Gasteiger partial charge on any atom is 0.410 e. The third-order valence-electron chi connectivity index (χ3n) is 3.96. The van der Waals surface area contributed by atoms with E-state index in [1.807, 2.05) is 13.8 Å². The van der Waals surface area contributed by atoms with Crippen LogP contribution in [0.1, 0.15) is 68.7 Å². The summed E-state index contributed by atoms with van der Waals surface area (Å²) in [4.78, 5) is 13.9. The van der Waals surface area contributed by atoms with Crippen LogP contribution in [0.25, 0.3) is 0 Å². The van der Waals surface area contributed by atoms with E-state index in [-0.39, 0.29) is 11.0 Å². The number of carbonyl (C=O) groups is 1. The highest BCUT2D eigenvalue weighted by Crippen LogP contribution is 2.32. The molecule has 0 rings (SSSR count). The highest BCUT2D eigenvalue weighted by atomic mass is 16.6. The van der Waals surface area contributed by atoms with Crippen LogP contribution in [-0.4, -0.2) is 39.9 Å². The van der Waals surface area contributed by atoms with Gasteiger partial charge >= 0.3 is 6.09 Å². The van der Waals surface area contributed by atoms with Gasteiger partial charge in [0.25, 0.3) is 0 Å². The first-order valence-corrected chi connectivity index (χ1v) is 7.19. The van der Waals surface area contributed by atoms with Crippen molar-refractivity contribution in [2.45, 2.75) is 85.5 Å². The number of nitrogens with zero attached hydrogens (tertiary/aromatic N) is 1. The second-order valence-corrected chi connectivity index (χ2v) is 8.55. The Balaban J connectivity index is 4.96. The van der Waals surface area contributed by atoms with Crippen LogP contribution in [0, 0.1) is 5.41 Å². The molecule has 0 fully saturated rings. The van der Waals surface area contributed by atoms with E-state index < -0.39 is 17.3 Å². The van der Waals surface area contributed by atoms with E-state index in [1.54, 1.807) is 39.6 Å². The molecule has 0 aromatic carbocycles. The maximum atomic E-state index is 12.3. The number of aliphatic hydroxyl groups is 1. The molecule has 0 spiro atoms. The summed E-state index contributed by atoms with van der Waals surface area (Å²) in [5.74, 6) is 0. The van der Waals surface area contributed by atoms with Crippen LogP contribution in [0.2, 0.25) is 0 Å². The van der Waals surface area contributed by atoms with Crippen molar-refractivity contribution in [3.05, 3.63) is 0 Å². The maximum absolute atomic E-state index is 12.3. The Morgan fingerprint density at radius 1 is 1.00 bits per heavy atom. The Morgan fingerprint density at radius 3 is 1.70 bits per heavy atom. The number of hydrogen-bond donors (Lipinski definition) is 1. The number of carbonyl (C=O) groups excluding carboxylic acids is 1. The predicted molar refractivity (Wildman–Crippen MR) is 82.8 cm³/mol. The van der Waals surface area contributed by atoms with Crippen LogP contribution >= 0.6 is 0 Å². The van der Waals surface area contributed by atoms with E-state index in [2.05, 4.69) is 20.8 Å². The van der Waals surface area contributed by atoms with Crippen molar-refractivity contribution >= 4 is 6.09 Å². The lowest BCUT2D eigenvalue weighted by Gasteiger charge is -2.43. The zero-order chi connectivity index (χ0) is 16.6. The van der Waals surface area contributed by atoms with Crippen LogP contribution in [0.15, 0.2) is 0 Å². The van der Waals surface area contributed by atoms with Gasteiger partial charge in [0.15, 0.2) is 0 Å². The molecule has 1 N–H and O–H groups in total. The van der Waals surface area contributed by atoms with Crippen molar-refractivity contribution in [1.82, 2.24) is 4.90 Å². The van der Waals surface area contributed by atoms with Crippen LogP contribution in [-0.2, 0) is 4.74 Å². The third-order valence-corrected chi connectivity index (χ3v) is 3.96. The first-order valence-electron chi connectivity index (χ1n) is 7.19. The minimum atomic E-state index is -1.10. The Hall–Kier alpha value is -0.770. The molecule has 0 aliphatic rings. The van der Waals surface area contributed by atoms with Gasteiger partial charge in [0.2, 0.25) is 0 Å². The van der Waals surface area contributed by atoms with Gasteiger partial charge in [0.1, 0.15) is 5.60 Å². The van der Waals surface area contributed by atoms with Gasteiger partial charge in [-0.15, -0.1) is 0 Å². The number of hydrogen-bond acceptors (Lipinski definition) is 3. The second kappa shape index (κ2) is 5.55. The van der Waals surface area contributed by atoms with Gasteiger partial charge in [-0.05, 0) is 53.4 Å². The molecule has 0 saturated carbocycles. The molecule has 0 aliphatic carbocycles. The molecule has 0 saturated heterocycles. The van der Waals surface area contributed by atoms with Crippen LogP contribution < -0.4 is 0 Å². The summed E-state index contributed by atoms with van der Waals surface area (Å²) in [6, 6.07) is 0. The first kappa shape index (κ1) is 19.2. The average molecular weight is 287 g/mol. The average Bonchev–Trinajstić information content (AvgIpc) is 2.09. The van der Waals surface area contributed by atoms with E-state index >= 15 is 0 Å². The highest BCUT2D eigenvalue weighted by molar-refractivity contribution is 5.69. The molecular formula is C16H33NO3. The normalized spacial score (nSPS) is 14.2. The smallest absolute Gasteiger partial charge is 0.410 e. The standard InChI is InChI=1S/C16H33NO3/c1-13(2,3)11-14(4,5)17(10)12(18)20-16(8,9)15(6,7)19/h19H,11H2,1-10H3. The molecule has 120 valence electrons. The van der Waals surface area contributed by atoms with Crippen LogP contribution in [0.5, 0.6) is 0 Å². The first-order chi connectivity index (χ1) is 8.50. The van der Waals surface area contributed by atoms with Gasteiger partial charge in [-0.1, -0.05) is 20.8 Å². The lowest BCUT2D eigenvalue weighted by atomic mass is 9.81. The molecule has 4 nitrogen and oxygen atoms in total. The van der Waals surface area contributed by atoms with Crippen LogP contribution in [0.3, 0.4) is 0 Å². The van der Waals surface area contributed by atoms with Crippen molar-refractivity contribution in [3.8, 4) is 0 Å². The molecule has 0 aromatic heterocycles. The van der Waals surface area contributed by atoms with Crippen molar-refractivity contribution in [1.29, 1.82) is 0 Å². The summed E-state index contributed by atoms with van der Waals surface area (Å²) in [5.41, 5.74) is -2.25. The van der Waals surface area contributed by atoms with E-state index in [4.69, 9.17) is 4.74 Å². The molecule has 0 aromatic rings. The monoisotopic (exact) mass is 287 g/mol. The quantitative estimate of drug-likeness (QED) is 0.855. The molecule has 4 heteroatoms. The number of amides is 1. The molecule has 0 aliphatic heterocycles. The zero-order valence-electron chi connectivity index (χ0n) is 14.9. The lowest BCUT2D eigenvalue weighted by Crippen LogP contribution is -2.54. The van der Waals surface area contributed by atoms with Gasteiger partial charge in [-0.25, -0.2) is 4.79 Å². The van der Waals surface area contributed by atoms with E-state index in [1.165, 1.54) is 0 Å².